The Morgan fingerprint density at radius 1 is 0.667 bits per heavy atom. The topological polar surface area (TPSA) is 135 Å². The van der Waals surface area contributed by atoms with Crippen LogP contribution in [0.2, 0.25) is 0 Å². The maximum Gasteiger partial charge on any atom is 0.306 e. The first-order valence-corrected chi connectivity index (χ1v) is 11.8. The second kappa shape index (κ2) is 15.6. The van der Waals surface area contributed by atoms with Gasteiger partial charge in [0.2, 0.25) is 0 Å². The number of esters is 4. The lowest BCUT2D eigenvalue weighted by Gasteiger charge is -2.43. The number of hydrogen-bond donors (Lipinski definition) is 1. The van der Waals surface area contributed by atoms with Crippen molar-refractivity contribution in [2.24, 2.45) is 5.92 Å². The van der Waals surface area contributed by atoms with Gasteiger partial charge in [-0.15, -0.1) is 0 Å². The van der Waals surface area contributed by atoms with Crippen LogP contribution < -0.4 is 0 Å². The van der Waals surface area contributed by atoms with Crippen molar-refractivity contribution < 1.29 is 48.0 Å². The number of rotatable bonds is 14. The van der Waals surface area contributed by atoms with E-state index in [4.69, 9.17) is 23.7 Å². The molecule has 0 spiro atoms. The summed E-state index contributed by atoms with van der Waals surface area (Å²) < 4.78 is 27.2. The molecule has 1 fully saturated rings. The molecule has 0 bridgehead atoms. The molecule has 0 saturated carbocycles. The van der Waals surface area contributed by atoms with Crippen LogP contribution in [-0.2, 0) is 42.9 Å². The average molecular weight is 475 g/mol. The van der Waals surface area contributed by atoms with E-state index >= 15 is 0 Å². The Kier molecular flexibility index (Phi) is 13.6. The normalized spacial score (nSPS) is 24.6. The van der Waals surface area contributed by atoms with Crippen molar-refractivity contribution in [1.82, 2.24) is 0 Å². The summed E-state index contributed by atoms with van der Waals surface area (Å²) in [6.45, 7) is 6.71. The Bertz CT molecular complexity index is 635. The summed E-state index contributed by atoms with van der Waals surface area (Å²) in [5.41, 5.74) is 0. The minimum atomic E-state index is -1.59. The molecule has 33 heavy (non-hydrogen) atoms. The van der Waals surface area contributed by atoms with Crippen LogP contribution in [0.5, 0.6) is 0 Å². The van der Waals surface area contributed by atoms with Crippen LogP contribution >= 0.6 is 0 Å². The number of carbonyl (C=O) groups is 4. The second-order valence-corrected chi connectivity index (χ2v) is 8.00. The molecule has 0 aliphatic carbocycles. The van der Waals surface area contributed by atoms with Gasteiger partial charge in [0.1, 0.15) is 25.4 Å². The first-order valence-electron chi connectivity index (χ1n) is 11.8. The van der Waals surface area contributed by atoms with Gasteiger partial charge in [0, 0.05) is 25.7 Å². The zero-order chi connectivity index (χ0) is 24.8. The lowest BCUT2D eigenvalue weighted by Crippen LogP contribution is -2.59. The highest BCUT2D eigenvalue weighted by Gasteiger charge is 2.50. The van der Waals surface area contributed by atoms with Crippen molar-refractivity contribution >= 4 is 23.9 Å². The summed E-state index contributed by atoms with van der Waals surface area (Å²) in [5.74, 6) is -2.94. The molecule has 5 atom stereocenters. The number of carbonyl (C=O) groups excluding carboxylic acids is 4. The second-order valence-electron chi connectivity index (χ2n) is 8.00. The molecule has 1 aliphatic heterocycles. The third-order valence-corrected chi connectivity index (χ3v) is 5.00. The van der Waals surface area contributed by atoms with E-state index in [-0.39, 0.29) is 38.9 Å². The lowest BCUT2D eigenvalue weighted by atomic mass is 9.89. The summed E-state index contributed by atoms with van der Waals surface area (Å²) in [5, 5.41) is 10.6. The fraction of sp³-hybridized carbons (Fsp3) is 0.826. The molecular weight excluding hydrogens is 436 g/mol. The van der Waals surface area contributed by atoms with Gasteiger partial charge >= 0.3 is 23.9 Å². The molecule has 1 rings (SSSR count). The van der Waals surface area contributed by atoms with E-state index in [0.717, 1.165) is 0 Å². The van der Waals surface area contributed by atoms with Crippen LogP contribution in [0.1, 0.15) is 79.1 Å². The van der Waals surface area contributed by atoms with Gasteiger partial charge in [0.15, 0.2) is 12.4 Å². The first kappa shape index (κ1) is 28.8. The molecule has 1 saturated heterocycles. The molecule has 10 nitrogen and oxygen atoms in total. The monoisotopic (exact) mass is 474 g/mol. The summed E-state index contributed by atoms with van der Waals surface area (Å²) in [6.07, 6.45) is -2.06. The van der Waals surface area contributed by atoms with Crippen LogP contribution in [0, 0.1) is 5.92 Å². The maximum atomic E-state index is 12.3. The van der Waals surface area contributed by atoms with E-state index in [1.54, 1.807) is 6.92 Å². The van der Waals surface area contributed by atoms with Crippen LogP contribution in [-0.4, -0.2) is 66.8 Å². The number of hydrogen-bond acceptors (Lipinski definition) is 10. The Hall–Kier alpha value is -2.20. The SMILES string of the molecule is CCCC(=O)OC[C@H]1[C@H](OC(=O)CCC)[C@@H](COC(=O)CCC)OC(O)[C@@H]1OC(=O)CCC. The van der Waals surface area contributed by atoms with E-state index in [2.05, 4.69) is 0 Å². The van der Waals surface area contributed by atoms with Gasteiger partial charge in [0.25, 0.3) is 0 Å². The molecule has 1 unspecified atom stereocenters. The highest BCUT2D eigenvalue weighted by Crippen LogP contribution is 2.31. The van der Waals surface area contributed by atoms with Crippen molar-refractivity contribution in [2.45, 2.75) is 104 Å². The zero-order valence-electron chi connectivity index (χ0n) is 20.1. The highest BCUT2D eigenvalue weighted by molar-refractivity contribution is 5.71. The van der Waals surface area contributed by atoms with Crippen LogP contribution in [0.25, 0.3) is 0 Å². The van der Waals surface area contributed by atoms with Crippen molar-refractivity contribution in [3.8, 4) is 0 Å². The number of aliphatic hydroxyl groups excluding tert-OH is 1. The molecule has 190 valence electrons. The summed E-state index contributed by atoms with van der Waals surface area (Å²) in [4.78, 5) is 48.4. The highest BCUT2D eigenvalue weighted by atomic mass is 16.7. The molecule has 0 aromatic heterocycles. The molecular formula is C23H38O10. The fourth-order valence-corrected chi connectivity index (χ4v) is 3.39. The minimum Gasteiger partial charge on any atom is -0.465 e. The predicted octanol–water partition coefficient (Wildman–Crippen LogP) is 2.43. The first-order chi connectivity index (χ1) is 15.8. The predicted molar refractivity (Wildman–Crippen MR) is 116 cm³/mol. The zero-order valence-corrected chi connectivity index (χ0v) is 20.1. The Labute approximate surface area is 195 Å². The van der Waals surface area contributed by atoms with Crippen LogP contribution in [0.4, 0.5) is 0 Å². The fourth-order valence-electron chi connectivity index (χ4n) is 3.39. The third kappa shape index (κ3) is 10.1. The van der Waals surface area contributed by atoms with Crippen molar-refractivity contribution in [3.63, 3.8) is 0 Å². The lowest BCUT2D eigenvalue weighted by molar-refractivity contribution is -0.286. The molecule has 1 N–H and O–H groups in total. The Morgan fingerprint density at radius 3 is 1.58 bits per heavy atom. The van der Waals surface area contributed by atoms with E-state index in [1.807, 2.05) is 20.8 Å². The smallest absolute Gasteiger partial charge is 0.306 e. The molecule has 0 aromatic rings. The summed E-state index contributed by atoms with van der Waals surface area (Å²) in [6, 6.07) is 0. The van der Waals surface area contributed by atoms with Gasteiger partial charge in [-0.25, -0.2) is 0 Å². The largest absolute Gasteiger partial charge is 0.465 e. The van der Waals surface area contributed by atoms with Gasteiger partial charge in [-0.2, -0.15) is 0 Å². The molecule has 1 aliphatic rings. The number of ether oxygens (including phenoxy) is 5. The van der Waals surface area contributed by atoms with Gasteiger partial charge in [0.05, 0.1) is 5.92 Å². The van der Waals surface area contributed by atoms with E-state index in [1.165, 1.54) is 0 Å². The third-order valence-electron chi connectivity index (χ3n) is 5.00. The maximum absolute atomic E-state index is 12.3. The van der Waals surface area contributed by atoms with Crippen molar-refractivity contribution in [2.75, 3.05) is 13.2 Å². The minimum absolute atomic E-state index is 0.115. The molecule has 10 heteroatoms. The molecule has 0 radical (unpaired) electrons. The average Bonchev–Trinajstić information content (AvgIpc) is 2.75. The van der Waals surface area contributed by atoms with Crippen LogP contribution in [0.3, 0.4) is 0 Å². The summed E-state index contributed by atoms with van der Waals surface area (Å²) in [7, 11) is 0. The van der Waals surface area contributed by atoms with E-state index < -0.39 is 54.4 Å². The van der Waals surface area contributed by atoms with Gasteiger partial charge in [-0.05, 0) is 25.7 Å². The van der Waals surface area contributed by atoms with Crippen LogP contribution in [0.15, 0.2) is 0 Å². The molecule has 0 aromatic carbocycles. The Morgan fingerprint density at radius 2 is 1.09 bits per heavy atom. The number of aliphatic hydroxyl groups is 1. The quantitative estimate of drug-likeness (QED) is 0.295. The van der Waals surface area contributed by atoms with Gasteiger partial charge < -0.3 is 28.8 Å². The van der Waals surface area contributed by atoms with Crippen molar-refractivity contribution in [3.05, 3.63) is 0 Å². The van der Waals surface area contributed by atoms with Gasteiger partial charge in [-0.3, -0.25) is 19.2 Å². The molecule has 1 heterocycles. The molecule has 0 amide bonds. The van der Waals surface area contributed by atoms with Crippen molar-refractivity contribution in [1.29, 1.82) is 0 Å². The summed E-state index contributed by atoms with van der Waals surface area (Å²) >= 11 is 0. The van der Waals surface area contributed by atoms with Gasteiger partial charge in [-0.1, -0.05) is 27.7 Å². The van der Waals surface area contributed by atoms with E-state index in [0.29, 0.717) is 25.7 Å². The van der Waals surface area contributed by atoms with E-state index in [9.17, 15) is 24.3 Å². The standard InChI is InChI=1S/C23H38O10/c1-5-9-17(24)29-13-15-21(32-19(26)11-7-3)16(14-30-18(25)10-6-2)31-23(28)22(15)33-20(27)12-8-4/h15-16,21-23,28H,5-14H2,1-4H3/t15-,16+,21-,22+,23?/m0/s1. The Balaban J connectivity index is 3.17.